The number of carbonyl (C=O) groups is 4. The summed E-state index contributed by atoms with van der Waals surface area (Å²) >= 11 is 0. The number of esters is 1. The molecule has 176 valence electrons. The Balaban J connectivity index is 2.28. The van der Waals surface area contributed by atoms with Crippen molar-refractivity contribution in [3.63, 3.8) is 0 Å². The molecule has 2 N–H and O–H groups in total. The predicted octanol–water partition coefficient (Wildman–Crippen LogP) is 2.15. The Morgan fingerprint density at radius 3 is 2.28 bits per heavy atom. The number of nitrogens with zero attached hydrogens (tertiary/aromatic N) is 1. The lowest BCUT2D eigenvalue weighted by molar-refractivity contribution is -0.144. The van der Waals surface area contributed by atoms with Crippen molar-refractivity contribution in [1.82, 2.24) is 15.5 Å². The Hall–Kier alpha value is -3.10. The smallest absolute Gasteiger partial charge is 0.408 e. The Morgan fingerprint density at radius 1 is 1.09 bits per heavy atom. The van der Waals surface area contributed by atoms with Crippen molar-refractivity contribution in [2.75, 3.05) is 20.2 Å². The molecule has 0 heterocycles. The van der Waals surface area contributed by atoms with Gasteiger partial charge in [0.2, 0.25) is 11.8 Å². The van der Waals surface area contributed by atoms with Crippen LogP contribution in [0.3, 0.4) is 0 Å². The van der Waals surface area contributed by atoms with Crippen LogP contribution in [0.1, 0.15) is 56.3 Å². The van der Waals surface area contributed by atoms with E-state index in [0.717, 1.165) is 24.0 Å². The van der Waals surface area contributed by atoms with Crippen LogP contribution in [-0.2, 0) is 23.9 Å². The van der Waals surface area contributed by atoms with Gasteiger partial charge in [0, 0.05) is 6.04 Å². The van der Waals surface area contributed by atoms with Gasteiger partial charge < -0.3 is 25.0 Å². The third-order valence-electron chi connectivity index (χ3n) is 4.89. The molecular formula is C23H33N3O6. The number of carbonyl (C=O) groups excluding carboxylic acids is 4. The minimum absolute atomic E-state index is 0.127. The lowest BCUT2D eigenvalue weighted by atomic mass is 9.96. The third kappa shape index (κ3) is 7.25. The number of ether oxygens (including phenoxy) is 2. The van der Waals surface area contributed by atoms with Crippen molar-refractivity contribution in [1.29, 1.82) is 0 Å². The Morgan fingerprint density at radius 2 is 1.75 bits per heavy atom. The highest BCUT2D eigenvalue weighted by molar-refractivity contribution is 5.92. The lowest BCUT2D eigenvalue weighted by Crippen LogP contribution is -2.49. The monoisotopic (exact) mass is 447 g/mol. The number of nitrogens with one attached hydrogen (secondary N) is 2. The van der Waals surface area contributed by atoms with Gasteiger partial charge in [0.15, 0.2) is 0 Å². The van der Waals surface area contributed by atoms with Crippen LogP contribution in [0.25, 0.3) is 0 Å². The van der Waals surface area contributed by atoms with Crippen LogP contribution >= 0.6 is 0 Å². The number of alkyl carbamates (subject to hydrolysis) is 1. The van der Waals surface area contributed by atoms with Crippen LogP contribution in [0.4, 0.5) is 4.79 Å². The van der Waals surface area contributed by atoms with E-state index in [0.29, 0.717) is 5.56 Å². The normalized spacial score (nSPS) is 14.2. The molecule has 0 saturated heterocycles. The van der Waals surface area contributed by atoms with Gasteiger partial charge in [-0.3, -0.25) is 14.4 Å². The molecule has 9 nitrogen and oxygen atoms in total. The summed E-state index contributed by atoms with van der Waals surface area (Å²) in [7, 11) is 1.23. The van der Waals surface area contributed by atoms with E-state index in [1.165, 1.54) is 12.0 Å². The first-order valence-electron chi connectivity index (χ1n) is 10.6. The molecule has 32 heavy (non-hydrogen) atoms. The summed E-state index contributed by atoms with van der Waals surface area (Å²) in [6.07, 6.45) is 0.799. The number of hydrogen-bond donors (Lipinski definition) is 2. The van der Waals surface area contributed by atoms with Crippen LogP contribution in [0, 0.1) is 13.8 Å². The molecule has 0 aromatic heterocycles. The van der Waals surface area contributed by atoms with Gasteiger partial charge in [-0.25, -0.2) is 4.79 Å². The molecule has 0 bridgehead atoms. The first-order chi connectivity index (χ1) is 14.9. The second-order valence-electron chi connectivity index (χ2n) is 8.94. The van der Waals surface area contributed by atoms with Crippen molar-refractivity contribution in [2.24, 2.45) is 0 Å². The Labute approximate surface area is 188 Å². The Bertz CT molecular complexity index is 873. The molecule has 9 heteroatoms. The summed E-state index contributed by atoms with van der Waals surface area (Å²) in [5.74, 6) is -1.48. The van der Waals surface area contributed by atoms with Crippen molar-refractivity contribution in [3.05, 3.63) is 34.9 Å². The van der Waals surface area contributed by atoms with E-state index in [-0.39, 0.29) is 19.1 Å². The van der Waals surface area contributed by atoms with E-state index in [4.69, 9.17) is 4.74 Å². The zero-order valence-corrected chi connectivity index (χ0v) is 19.6. The second-order valence-corrected chi connectivity index (χ2v) is 8.94. The highest BCUT2D eigenvalue weighted by Gasteiger charge is 2.42. The van der Waals surface area contributed by atoms with Crippen molar-refractivity contribution in [2.45, 2.75) is 65.1 Å². The van der Waals surface area contributed by atoms with Crippen molar-refractivity contribution < 1.29 is 28.7 Å². The number of hydrogen-bond acceptors (Lipinski definition) is 6. The van der Waals surface area contributed by atoms with E-state index in [1.807, 2.05) is 32.0 Å². The number of rotatable bonds is 8. The summed E-state index contributed by atoms with van der Waals surface area (Å²) in [5.41, 5.74) is 1.84. The molecular weight excluding hydrogens is 414 g/mol. The quantitative estimate of drug-likeness (QED) is 0.590. The van der Waals surface area contributed by atoms with Crippen LogP contribution in [0.5, 0.6) is 0 Å². The number of amides is 3. The van der Waals surface area contributed by atoms with Gasteiger partial charge >= 0.3 is 12.1 Å². The summed E-state index contributed by atoms with van der Waals surface area (Å²) in [4.78, 5) is 51.4. The van der Waals surface area contributed by atoms with Crippen LogP contribution in [-0.4, -0.2) is 60.6 Å². The first-order valence-corrected chi connectivity index (χ1v) is 10.6. The van der Waals surface area contributed by atoms with Gasteiger partial charge in [0.05, 0.1) is 7.11 Å². The molecule has 2 rings (SSSR count). The summed E-state index contributed by atoms with van der Waals surface area (Å²) in [5, 5.41) is 5.04. The van der Waals surface area contributed by atoms with Gasteiger partial charge in [-0.15, -0.1) is 0 Å². The van der Waals surface area contributed by atoms with Crippen LogP contribution in [0.2, 0.25) is 0 Å². The van der Waals surface area contributed by atoms with E-state index >= 15 is 0 Å². The van der Waals surface area contributed by atoms with E-state index in [1.54, 1.807) is 20.8 Å². The molecule has 0 aliphatic heterocycles. The molecule has 1 aromatic carbocycles. The highest BCUT2D eigenvalue weighted by atomic mass is 16.6. The van der Waals surface area contributed by atoms with E-state index < -0.39 is 35.5 Å². The predicted molar refractivity (Wildman–Crippen MR) is 118 cm³/mol. The number of methoxy groups -OCH3 is 1. The third-order valence-corrected chi connectivity index (χ3v) is 4.89. The zero-order valence-electron chi connectivity index (χ0n) is 19.6. The van der Waals surface area contributed by atoms with Crippen molar-refractivity contribution in [3.8, 4) is 0 Å². The first kappa shape index (κ1) is 25.2. The molecule has 0 radical (unpaired) electrons. The second kappa shape index (κ2) is 10.5. The zero-order chi connectivity index (χ0) is 24.1. The van der Waals surface area contributed by atoms with Crippen LogP contribution in [0.15, 0.2) is 18.2 Å². The maximum absolute atomic E-state index is 13.2. The molecule has 1 aliphatic rings. The standard InChI is InChI=1S/C23H33N3O6/c1-14-7-10-17(15(2)11-14)20(21(29)24-13-19(28)31-6)26(16-8-9-16)18(27)12-25-22(30)32-23(3,4)5/h7,10-11,16,20H,8-9,12-13H2,1-6H3,(H,24,29)(H,25,30). The van der Waals surface area contributed by atoms with E-state index in [9.17, 15) is 19.2 Å². The molecule has 1 saturated carbocycles. The number of aryl methyl sites for hydroxylation is 2. The minimum atomic E-state index is -0.944. The Kier molecular flexibility index (Phi) is 8.24. The fourth-order valence-electron chi connectivity index (χ4n) is 3.34. The topological polar surface area (TPSA) is 114 Å². The largest absolute Gasteiger partial charge is 0.468 e. The SMILES string of the molecule is COC(=O)CNC(=O)C(c1ccc(C)cc1C)N(C(=O)CNC(=O)OC(C)(C)C)C1CC1. The molecule has 3 amide bonds. The van der Waals surface area contributed by atoms with Gasteiger partial charge in [-0.05, 0) is 58.6 Å². The molecule has 1 aromatic rings. The average molecular weight is 448 g/mol. The fraction of sp³-hybridized carbons (Fsp3) is 0.565. The van der Waals surface area contributed by atoms with Gasteiger partial charge in [-0.1, -0.05) is 23.8 Å². The van der Waals surface area contributed by atoms with Crippen LogP contribution < -0.4 is 10.6 Å². The van der Waals surface area contributed by atoms with Gasteiger partial charge in [0.25, 0.3) is 0 Å². The maximum Gasteiger partial charge on any atom is 0.408 e. The van der Waals surface area contributed by atoms with Gasteiger partial charge in [-0.2, -0.15) is 0 Å². The summed E-state index contributed by atoms with van der Waals surface area (Å²) in [6.45, 7) is 8.39. The van der Waals surface area contributed by atoms with E-state index in [2.05, 4.69) is 15.4 Å². The average Bonchev–Trinajstić information content (AvgIpc) is 3.52. The summed E-state index contributed by atoms with van der Waals surface area (Å²) in [6, 6.07) is 4.55. The van der Waals surface area contributed by atoms with Gasteiger partial charge in [0.1, 0.15) is 24.7 Å². The highest BCUT2D eigenvalue weighted by Crippen LogP contribution is 2.36. The maximum atomic E-state index is 13.2. The molecule has 1 aliphatic carbocycles. The molecule has 0 spiro atoms. The minimum Gasteiger partial charge on any atom is -0.468 e. The fourth-order valence-corrected chi connectivity index (χ4v) is 3.34. The lowest BCUT2D eigenvalue weighted by Gasteiger charge is -2.32. The molecule has 1 unspecified atom stereocenters. The molecule has 1 fully saturated rings. The summed E-state index contributed by atoms with van der Waals surface area (Å²) < 4.78 is 9.80. The number of benzene rings is 1. The molecule has 1 atom stereocenters. The van der Waals surface area contributed by atoms with Crippen molar-refractivity contribution >= 4 is 23.9 Å².